The van der Waals surface area contributed by atoms with Gasteiger partial charge in [0.1, 0.15) is 0 Å². The van der Waals surface area contributed by atoms with Crippen LogP contribution in [-0.2, 0) is 27.4 Å². The zero-order chi connectivity index (χ0) is 26.8. The molecule has 2 N–H and O–H groups in total. The number of ether oxygens (including phenoxy) is 1. The Kier molecular flexibility index (Phi) is 8.10. The fourth-order valence-corrected chi connectivity index (χ4v) is 4.63. The molecule has 4 nitrogen and oxygen atoms in total. The highest BCUT2D eigenvalue weighted by Crippen LogP contribution is 2.40. The summed E-state index contributed by atoms with van der Waals surface area (Å²) < 4.78 is 85.8. The molecule has 1 heterocycles. The number of halogens is 6. The van der Waals surface area contributed by atoms with Crippen molar-refractivity contribution in [2.45, 2.75) is 69.6 Å². The molecule has 1 aliphatic rings. The van der Waals surface area contributed by atoms with Crippen molar-refractivity contribution in [1.29, 1.82) is 0 Å². The fourth-order valence-electron chi connectivity index (χ4n) is 4.63. The Labute approximate surface area is 206 Å². The highest BCUT2D eigenvalue weighted by molar-refractivity contribution is 5.73. The molecule has 10 heteroatoms. The van der Waals surface area contributed by atoms with Crippen molar-refractivity contribution >= 4 is 5.91 Å². The molecule has 0 bridgehead atoms. The number of carbonyl (C=O) groups excluding carboxylic acids is 1. The Balaban J connectivity index is 1.88. The highest BCUT2D eigenvalue weighted by Gasteiger charge is 2.44. The number of hydrogen-bond acceptors (Lipinski definition) is 3. The number of piperidine rings is 1. The number of carbonyl (C=O) groups is 1. The number of benzene rings is 2. The predicted octanol–water partition coefficient (Wildman–Crippen LogP) is 6.37. The number of hydrogen-bond donors (Lipinski definition) is 2. The van der Waals surface area contributed by atoms with Crippen LogP contribution in [0.3, 0.4) is 0 Å². The minimum atomic E-state index is -4.93. The van der Waals surface area contributed by atoms with E-state index in [2.05, 4.69) is 10.6 Å². The van der Waals surface area contributed by atoms with Gasteiger partial charge in [-0.05, 0) is 55.5 Å². The van der Waals surface area contributed by atoms with E-state index < -0.39 is 40.7 Å². The van der Waals surface area contributed by atoms with E-state index in [1.807, 2.05) is 37.3 Å². The van der Waals surface area contributed by atoms with Crippen LogP contribution in [0.15, 0.2) is 48.5 Å². The molecule has 2 aromatic rings. The third kappa shape index (κ3) is 6.39. The maximum Gasteiger partial charge on any atom is 0.416 e. The average Bonchev–Trinajstić information content (AvgIpc) is 2.82. The summed E-state index contributed by atoms with van der Waals surface area (Å²) >= 11 is 0. The summed E-state index contributed by atoms with van der Waals surface area (Å²) in [5.41, 5.74) is -3.28. The first-order valence-electron chi connectivity index (χ1n) is 11.7. The number of amides is 1. The zero-order valence-electron chi connectivity index (χ0n) is 20.3. The molecule has 0 saturated carbocycles. The van der Waals surface area contributed by atoms with Crippen LogP contribution in [0.2, 0.25) is 0 Å². The van der Waals surface area contributed by atoms with Gasteiger partial charge in [0, 0.05) is 13.5 Å². The lowest BCUT2D eigenvalue weighted by atomic mass is 9.75. The van der Waals surface area contributed by atoms with Gasteiger partial charge >= 0.3 is 12.4 Å². The lowest BCUT2D eigenvalue weighted by Crippen LogP contribution is -2.63. The van der Waals surface area contributed by atoms with Crippen molar-refractivity contribution in [2.75, 3.05) is 13.2 Å². The van der Waals surface area contributed by atoms with E-state index in [1.54, 1.807) is 0 Å². The summed E-state index contributed by atoms with van der Waals surface area (Å²) in [5.74, 6) is -0.152. The van der Waals surface area contributed by atoms with Crippen molar-refractivity contribution in [3.8, 4) is 0 Å². The molecule has 36 heavy (non-hydrogen) atoms. The Morgan fingerprint density at radius 2 is 1.61 bits per heavy atom. The topological polar surface area (TPSA) is 50.4 Å². The van der Waals surface area contributed by atoms with Gasteiger partial charge in [-0.2, -0.15) is 26.3 Å². The number of nitrogens with one attached hydrogen (secondary N) is 2. The van der Waals surface area contributed by atoms with Crippen LogP contribution in [0.1, 0.15) is 68.4 Å². The summed E-state index contributed by atoms with van der Waals surface area (Å²) in [6, 6.07) is 10.8. The van der Waals surface area contributed by atoms with E-state index in [9.17, 15) is 31.1 Å². The summed E-state index contributed by atoms with van der Waals surface area (Å²) in [6.45, 7) is 5.29. The predicted molar refractivity (Wildman–Crippen MR) is 123 cm³/mol. The summed E-state index contributed by atoms with van der Waals surface area (Å²) in [6.07, 6.45) is -9.06. The van der Waals surface area contributed by atoms with Gasteiger partial charge in [0.2, 0.25) is 5.91 Å². The Bertz CT molecular complexity index is 1010. The Morgan fingerprint density at radius 1 is 1.03 bits per heavy atom. The summed E-state index contributed by atoms with van der Waals surface area (Å²) in [7, 11) is 0. The van der Waals surface area contributed by atoms with E-state index in [1.165, 1.54) is 13.8 Å². The van der Waals surface area contributed by atoms with Gasteiger partial charge in [0.25, 0.3) is 0 Å². The normalized spacial score (nSPS) is 23.8. The van der Waals surface area contributed by atoms with Crippen LogP contribution in [-0.4, -0.2) is 24.6 Å². The van der Waals surface area contributed by atoms with Crippen LogP contribution in [0.5, 0.6) is 0 Å². The third-order valence-corrected chi connectivity index (χ3v) is 6.90. The lowest BCUT2D eigenvalue weighted by molar-refractivity contribution is -0.143. The average molecular weight is 517 g/mol. The second-order valence-corrected chi connectivity index (χ2v) is 9.41. The monoisotopic (exact) mass is 516 g/mol. The van der Waals surface area contributed by atoms with Crippen LogP contribution >= 0.6 is 0 Å². The minimum absolute atomic E-state index is 0.00957. The molecule has 2 aromatic carbocycles. The molecule has 3 atom stereocenters. The van der Waals surface area contributed by atoms with Gasteiger partial charge < -0.3 is 15.4 Å². The molecule has 0 spiro atoms. The number of rotatable bonds is 7. The number of alkyl halides is 6. The SMILES string of the molecule is CC[C@@]1(NC(C)=O)CC[C@@](CO[C@H](C)c2cc(C(F)(F)F)cc(C(F)(F)F)c2)(c2ccccc2)NC1. The largest absolute Gasteiger partial charge is 0.416 e. The first kappa shape index (κ1) is 28.0. The molecule has 1 saturated heterocycles. The quantitative estimate of drug-likeness (QED) is 0.421. The van der Waals surface area contributed by atoms with Crippen LogP contribution < -0.4 is 10.6 Å². The van der Waals surface area contributed by atoms with Crippen molar-refractivity contribution < 1.29 is 35.9 Å². The van der Waals surface area contributed by atoms with Gasteiger partial charge in [-0.15, -0.1) is 0 Å². The summed E-state index contributed by atoms with van der Waals surface area (Å²) in [5, 5.41) is 6.48. The molecular weight excluding hydrogens is 486 g/mol. The van der Waals surface area contributed by atoms with Crippen LogP contribution in [0, 0.1) is 0 Å². The fraction of sp³-hybridized carbons (Fsp3) is 0.500. The molecule has 1 amide bonds. The first-order chi connectivity index (χ1) is 16.7. The van der Waals surface area contributed by atoms with Gasteiger partial charge in [0.05, 0.1) is 34.9 Å². The second kappa shape index (κ2) is 10.4. The van der Waals surface area contributed by atoms with Gasteiger partial charge in [0.15, 0.2) is 0 Å². The maximum absolute atomic E-state index is 13.3. The van der Waals surface area contributed by atoms with Gasteiger partial charge in [-0.25, -0.2) is 0 Å². The van der Waals surface area contributed by atoms with E-state index >= 15 is 0 Å². The smallest absolute Gasteiger partial charge is 0.372 e. The molecular formula is C26H30F6N2O2. The molecule has 3 rings (SSSR count). The Morgan fingerprint density at radius 3 is 2.06 bits per heavy atom. The molecule has 1 aliphatic heterocycles. The van der Waals surface area contributed by atoms with Crippen LogP contribution in [0.4, 0.5) is 26.3 Å². The van der Waals surface area contributed by atoms with E-state index in [4.69, 9.17) is 4.74 Å². The molecule has 0 aliphatic carbocycles. The first-order valence-corrected chi connectivity index (χ1v) is 11.7. The molecule has 1 fully saturated rings. The highest BCUT2D eigenvalue weighted by atomic mass is 19.4. The van der Waals surface area contributed by atoms with E-state index in [-0.39, 0.29) is 24.1 Å². The minimum Gasteiger partial charge on any atom is -0.372 e. The van der Waals surface area contributed by atoms with Gasteiger partial charge in [-0.3, -0.25) is 4.79 Å². The molecule has 0 radical (unpaired) electrons. The second-order valence-electron chi connectivity index (χ2n) is 9.41. The van der Waals surface area contributed by atoms with Crippen molar-refractivity contribution in [3.63, 3.8) is 0 Å². The van der Waals surface area contributed by atoms with Crippen molar-refractivity contribution in [3.05, 3.63) is 70.8 Å². The lowest BCUT2D eigenvalue weighted by Gasteiger charge is -2.48. The van der Waals surface area contributed by atoms with Crippen LogP contribution in [0.25, 0.3) is 0 Å². The van der Waals surface area contributed by atoms with Crippen molar-refractivity contribution in [2.24, 2.45) is 0 Å². The summed E-state index contributed by atoms with van der Waals surface area (Å²) in [4.78, 5) is 11.8. The Hall–Kier alpha value is -2.59. The maximum atomic E-state index is 13.3. The van der Waals surface area contributed by atoms with Gasteiger partial charge in [-0.1, -0.05) is 37.3 Å². The van der Waals surface area contributed by atoms with E-state index in [0.29, 0.717) is 37.9 Å². The molecule has 0 aromatic heterocycles. The molecule has 198 valence electrons. The van der Waals surface area contributed by atoms with E-state index in [0.717, 1.165) is 5.56 Å². The standard InChI is InChI=1S/C26H30F6N2O2/c1-4-23(34-18(3)35)10-11-24(33-15-23,20-8-6-5-7-9-20)16-36-17(2)19-12-21(25(27,28)29)14-22(13-19)26(30,31)32/h5-9,12-14,17,33H,4,10-11,15-16H2,1-3H3,(H,34,35)/t17-,23-,24-/m1/s1. The zero-order valence-corrected chi connectivity index (χ0v) is 20.3. The third-order valence-electron chi connectivity index (χ3n) is 6.90. The molecule has 0 unspecified atom stereocenters. The van der Waals surface area contributed by atoms with Crippen molar-refractivity contribution in [1.82, 2.24) is 10.6 Å².